The molecular formula is C28H30N12S2+2. The Labute approximate surface area is 250 Å². The molecule has 6 aromatic heterocycles. The molecule has 14 heteroatoms. The smallest absolute Gasteiger partial charge is 0.211 e. The summed E-state index contributed by atoms with van der Waals surface area (Å²) in [5.74, 6) is 0. The van der Waals surface area contributed by atoms with Crippen LogP contribution in [0.15, 0.2) is 49.6 Å². The molecule has 0 aromatic carbocycles. The number of nitriles is 2. The molecule has 6 rings (SSSR count). The van der Waals surface area contributed by atoms with Gasteiger partial charge in [0, 0.05) is 46.2 Å². The highest BCUT2D eigenvalue weighted by Crippen LogP contribution is 2.28. The third-order valence-electron chi connectivity index (χ3n) is 6.66. The van der Waals surface area contributed by atoms with E-state index < -0.39 is 0 Å². The fourth-order valence-electron chi connectivity index (χ4n) is 4.66. The van der Waals surface area contributed by atoms with E-state index >= 15 is 0 Å². The second-order valence-electron chi connectivity index (χ2n) is 9.54. The minimum absolute atomic E-state index is 0.141. The highest BCUT2D eigenvalue weighted by atomic mass is 32.1. The van der Waals surface area contributed by atoms with Gasteiger partial charge in [0.1, 0.15) is 70.3 Å². The Morgan fingerprint density at radius 3 is 1.60 bits per heavy atom. The van der Waals surface area contributed by atoms with Crippen LogP contribution in [0, 0.1) is 22.7 Å². The first-order valence-corrected chi connectivity index (χ1v) is 15.3. The largest absolute Gasteiger partial charge is 0.346 e. The van der Waals surface area contributed by atoms with Gasteiger partial charge in [-0.15, -0.1) is 0 Å². The monoisotopic (exact) mass is 598 g/mol. The first-order chi connectivity index (χ1) is 20.7. The van der Waals surface area contributed by atoms with Crippen LogP contribution in [-0.4, -0.2) is 40.1 Å². The molecule has 0 fully saturated rings. The topological polar surface area (TPSA) is 164 Å². The van der Waals surface area contributed by atoms with Crippen molar-refractivity contribution in [2.75, 3.05) is 0 Å². The second kappa shape index (κ2) is 13.8. The van der Waals surface area contributed by atoms with Gasteiger partial charge in [-0.2, -0.15) is 10.5 Å². The van der Waals surface area contributed by atoms with E-state index in [4.69, 9.17) is 10.5 Å². The van der Waals surface area contributed by atoms with Crippen molar-refractivity contribution in [3.8, 4) is 33.3 Å². The standard InChI is InChI=1S/2C14H14N6S/c2*1-2-3-10(4-6-15)20-19-8-12(21-20)13-11-5-7-16-14(11)18-9-17-13/h2*5,7-10H,2-4H2,1H3/p+2/t2*10-/m10/s1. The van der Waals surface area contributed by atoms with Crippen LogP contribution in [0.5, 0.6) is 0 Å². The van der Waals surface area contributed by atoms with Crippen molar-refractivity contribution >= 4 is 45.1 Å². The molecule has 0 aliphatic heterocycles. The molecule has 6 aromatic rings. The zero-order chi connectivity index (χ0) is 29.3. The zero-order valence-corrected chi connectivity index (χ0v) is 24.9. The van der Waals surface area contributed by atoms with E-state index in [0.29, 0.717) is 12.8 Å². The number of hydrogen-bond acceptors (Lipinski definition) is 10. The summed E-state index contributed by atoms with van der Waals surface area (Å²) < 4.78 is 3.84. The number of nitrogens with one attached hydrogen (secondary N) is 2. The van der Waals surface area contributed by atoms with Crippen molar-refractivity contribution in [2.45, 2.75) is 64.5 Å². The SMILES string of the molecule is CCC[C@@H](CC#N)[n+]1ncc(-c2ncnc3[nH]ccc23)s1.CCC[C@H](CC#N)[n+]1ncc(-c2ncnc3[nH]ccc23)s1. The number of aromatic amines is 2. The van der Waals surface area contributed by atoms with Gasteiger partial charge < -0.3 is 9.97 Å². The Morgan fingerprint density at radius 2 is 1.19 bits per heavy atom. The number of hydrogen-bond donors (Lipinski definition) is 2. The van der Waals surface area contributed by atoms with Crippen LogP contribution >= 0.6 is 23.1 Å². The van der Waals surface area contributed by atoms with Gasteiger partial charge in [0.05, 0.1) is 12.1 Å². The summed E-state index contributed by atoms with van der Waals surface area (Å²) in [6, 6.07) is 8.70. The van der Waals surface area contributed by atoms with Crippen LogP contribution in [0.1, 0.15) is 64.5 Å². The fraction of sp³-hybridized carbons (Fsp3) is 0.357. The van der Waals surface area contributed by atoms with E-state index in [9.17, 15) is 0 Å². The molecule has 0 aliphatic rings. The maximum absolute atomic E-state index is 8.95. The molecule has 0 bridgehead atoms. The molecule has 2 atom stereocenters. The van der Waals surface area contributed by atoms with Crippen LogP contribution < -0.4 is 8.14 Å². The van der Waals surface area contributed by atoms with Crippen LogP contribution in [0.3, 0.4) is 0 Å². The summed E-state index contributed by atoms with van der Waals surface area (Å²) >= 11 is 3.08. The lowest BCUT2D eigenvalue weighted by Crippen LogP contribution is -2.38. The summed E-state index contributed by atoms with van der Waals surface area (Å²) in [5.41, 5.74) is 3.40. The minimum atomic E-state index is 0.141. The lowest BCUT2D eigenvalue weighted by molar-refractivity contribution is -0.715. The van der Waals surface area contributed by atoms with E-state index in [0.717, 1.165) is 68.9 Å². The van der Waals surface area contributed by atoms with Crippen molar-refractivity contribution in [2.24, 2.45) is 0 Å². The number of rotatable bonds is 10. The van der Waals surface area contributed by atoms with Crippen LogP contribution in [-0.2, 0) is 0 Å². The molecule has 0 amide bonds. The Morgan fingerprint density at radius 1 is 0.738 bits per heavy atom. The summed E-state index contributed by atoms with van der Waals surface area (Å²) in [4.78, 5) is 25.3. The summed E-state index contributed by atoms with van der Waals surface area (Å²) in [6.07, 6.45) is 15.4. The molecule has 0 aliphatic carbocycles. The Balaban J connectivity index is 0.000000168. The van der Waals surface area contributed by atoms with E-state index in [1.807, 2.05) is 45.1 Å². The fourth-order valence-corrected chi connectivity index (χ4v) is 6.59. The van der Waals surface area contributed by atoms with Crippen molar-refractivity contribution in [3.63, 3.8) is 0 Å². The van der Waals surface area contributed by atoms with Gasteiger partial charge in [-0.3, -0.25) is 0 Å². The first kappa shape index (κ1) is 28.9. The van der Waals surface area contributed by atoms with Gasteiger partial charge in [0.25, 0.3) is 0 Å². The predicted molar refractivity (Wildman–Crippen MR) is 159 cm³/mol. The lowest BCUT2D eigenvalue weighted by atomic mass is 10.1. The molecule has 212 valence electrons. The molecule has 0 spiro atoms. The molecule has 0 saturated heterocycles. The Hall–Kier alpha value is -4.66. The third-order valence-corrected chi connectivity index (χ3v) is 8.81. The van der Waals surface area contributed by atoms with Crippen LogP contribution in [0.4, 0.5) is 0 Å². The second-order valence-corrected chi connectivity index (χ2v) is 11.5. The third kappa shape index (κ3) is 6.30. The highest BCUT2D eigenvalue weighted by molar-refractivity contribution is 7.05. The number of aromatic nitrogens is 10. The van der Waals surface area contributed by atoms with Crippen LogP contribution in [0.2, 0.25) is 0 Å². The van der Waals surface area contributed by atoms with E-state index in [2.05, 4.69) is 66.1 Å². The summed E-state index contributed by atoms with van der Waals surface area (Å²) in [6.45, 7) is 4.24. The Bertz CT molecular complexity index is 1700. The van der Waals surface area contributed by atoms with Crippen molar-refractivity contribution in [3.05, 3.63) is 49.6 Å². The molecule has 6 heterocycles. The van der Waals surface area contributed by atoms with E-state index in [-0.39, 0.29) is 12.1 Å². The van der Waals surface area contributed by atoms with E-state index in [1.54, 1.807) is 35.7 Å². The highest BCUT2D eigenvalue weighted by Gasteiger charge is 2.26. The van der Waals surface area contributed by atoms with Gasteiger partial charge in [0.2, 0.25) is 12.1 Å². The van der Waals surface area contributed by atoms with Crippen LogP contribution in [0.25, 0.3) is 43.2 Å². The normalized spacial score (nSPS) is 12.4. The van der Waals surface area contributed by atoms with Gasteiger partial charge in [-0.05, 0) is 33.1 Å². The van der Waals surface area contributed by atoms with Crippen molar-refractivity contribution in [1.82, 2.24) is 40.1 Å². The first-order valence-electron chi connectivity index (χ1n) is 13.7. The lowest BCUT2D eigenvalue weighted by Gasteiger charge is -2.00. The summed E-state index contributed by atoms with van der Waals surface area (Å²) in [5, 5.41) is 28.7. The van der Waals surface area contributed by atoms with Crippen molar-refractivity contribution < 1.29 is 8.14 Å². The van der Waals surface area contributed by atoms with Gasteiger partial charge >= 0.3 is 0 Å². The average Bonchev–Trinajstić information content (AvgIpc) is 3.83. The van der Waals surface area contributed by atoms with Crippen molar-refractivity contribution in [1.29, 1.82) is 10.5 Å². The number of fused-ring (bicyclic) bond motifs is 2. The molecule has 2 N–H and O–H groups in total. The quantitative estimate of drug-likeness (QED) is 0.202. The van der Waals surface area contributed by atoms with Gasteiger partial charge in [-0.25, -0.2) is 19.9 Å². The molecule has 0 radical (unpaired) electrons. The molecule has 0 saturated carbocycles. The van der Waals surface area contributed by atoms with Gasteiger partial charge in [0.15, 0.2) is 23.1 Å². The number of nitrogens with zero attached hydrogens (tertiary/aromatic N) is 10. The Kier molecular flexibility index (Phi) is 9.48. The average molecular weight is 599 g/mol. The predicted octanol–water partition coefficient (Wildman–Crippen LogP) is 5.25. The van der Waals surface area contributed by atoms with Gasteiger partial charge in [-0.1, -0.05) is 13.8 Å². The zero-order valence-electron chi connectivity index (χ0n) is 23.3. The molecule has 12 nitrogen and oxygen atoms in total. The molecule has 42 heavy (non-hydrogen) atoms. The van der Waals surface area contributed by atoms with E-state index in [1.165, 1.54) is 0 Å². The number of H-pyrrole nitrogens is 2. The maximum atomic E-state index is 8.95. The molecule has 0 unspecified atom stereocenters. The molecular weight excluding hydrogens is 569 g/mol. The minimum Gasteiger partial charge on any atom is -0.346 e. The maximum Gasteiger partial charge on any atom is 0.211 e. The summed E-state index contributed by atoms with van der Waals surface area (Å²) in [7, 11) is 0.